The Morgan fingerprint density at radius 1 is 1.14 bits per heavy atom. The number of fused-ring (bicyclic) bond motifs is 1. The molecule has 0 radical (unpaired) electrons. The molecule has 7 heteroatoms. The summed E-state index contributed by atoms with van der Waals surface area (Å²) in [6.45, 7) is 0. The van der Waals surface area contributed by atoms with Crippen LogP contribution in [0.4, 0.5) is 0 Å². The Labute approximate surface area is 119 Å². The maximum absolute atomic E-state index is 11.1. The summed E-state index contributed by atoms with van der Waals surface area (Å²) < 4.78 is 6.46. The number of carboxylic acid groups (broad SMARTS) is 1. The van der Waals surface area contributed by atoms with Gasteiger partial charge >= 0.3 is 12.0 Å². The molecule has 1 N–H and O–H groups in total. The predicted molar refractivity (Wildman–Crippen MR) is 75.3 cm³/mol. The van der Waals surface area contributed by atoms with Gasteiger partial charge in [0.1, 0.15) is 11.3 Å². The molecule has 3 aromatic heterocycles. The van der Waals surface area contributed by atoms with Crippen LogP contribution in [0.25, 0.3) is 22.2 Å². The average Bonchev–Trinajstić information content (AvgIpc) is 2.84. The molecule has 0 aliphatic heterocycles. The summed E-state index contributed by atoms with van der Waals surface area (Å²) in [6, 6.07) is 3.75. The minimum Gasteiger partial charge on any atom is -0.477 e. The molecule has 0 unspecified atom stereocenters. The van der Waals surface area contributed by atoms with Crippen LogP contribution in [-0.4, -0.2) is 37.7 Å². The van der Waals surface area contributed by atoms with Crippen LogP contribution in [0.1, 0.15) is 10.5 Å². The van der Waals surface area contributed by atoms with E-state index in [1.807, 2.05) is 6.07 Å². The van der Waals surface area contributed by atoms with E-state index < -0.39 is 5.97 Å². The first-order valence-corrected chi connectivity index (χ1v) is 6.15. The van der Waals surface area contributed by atoms with Crippen molar-refractivity contribution >= 4 is 17.0 Å². The van der Waals surface area contributed by atoms with E-state index in [1.165, 1.54) is 7.11 Å². The normalized spacial score (nSPS) is 10.8. The first kappa shape index (κ1) is 13.0. The Morgan fingerprint density at radius 2 is 1.81 bits per heavy atom. The van der Waals surface area contributed by atoms with Crippen molar-refractivity contribution in [3.63, 3.8) is 0 Å². The molecule has 0 atom stereocenters. The van der Waals surface area contributed by atoms with Gasteiger partial charge in [0, 0.05) is 42.2 Å². The highest BCUT2D eigenvalue weighted by molar-refractivity contribution is 5.94. The number of aryl methyl sites for hydroxylation is 1. The summed E-state index contributed by atoms with van der Waals surface area (Å²) >= 11 is 0. The van der Waals surface area contributed by atoms with Crippen LogP contribution in [0.5, 0.6) is 6.01 Å². The molecule has 0 aromatic carbocycles. The Balaban J connectivity index is 2.09. The minimum absolute atomic E-state index is 0.195. The molecular weight excluding hydrogens is 272 g/mol. The van der Waals surface area contributed by atoms with Gasteiger partial charge in [-0.05, 0) is 12.1 Å². The van der Waals surface area contributed by atoms with Crippen molar-refractivity contribution in [2.24, 2.45) is 7.05 Å². The lowest BCUT2D eigenvalue weighted by molar-refractivity contribution is 0.0687. The van der Waals surface area contributed by atoms with Gasteiger partial charge in [-0.1, -0.05) is 0 Å². The quantitative estimate of drug-likeness (QED) is 0.787. The minimum atomic E-state index is -0.982. The lowest BCUT2D eigenvalue weighted by atomic mass is 10.1. The van der Waals surface area contributed by atoms with Gasteiger partial charge in [-0.3, -0.25) is 0 Å². The Hall–Kier alpha value is -2.96. The summed E-state index contributed by atoms with van der Waals surface area (Å²) in [5, 5.41) is 9.88. The second-order valence-corrected chi connectivity index (χ2v) is 4.49. The van der Waals surface area contributed by atoms with Crippen LogP contribution >= 0.6 is 0 Å². The van der Waals surface area contributed by atoms with E-state index in [4.69, 9.17) is 9.84 Å². The molecule has 3 aromatic rings. The van der Waals surface area contributed by atoms with Crippen LogP contribution in [0, 0.1) is 0 Å². The third-order valence-corrected chi connectivity index (χ3v) is 3.23. The molecule has 0 bridgehead atoms. The summed E-state index contributed by atoms with van der Waals surface area (Å²) in [6.07, 6.45) is 4.94. The van der Waals surface area contributed by atoms with Gasteiger partial charge in [-0.25, -0.2) is 19.7 Å². The van der Waals surface area contributed by atoms with Crippen LogP contribution < -0.4 is 4.74 Å². The fourth-order valence-electron chi connectivity index (χ4n) is 2.15. The largest absolute Gasteiger partial charge is 0.477 e. The van der Waals surface area contributed by atoms with Gasteiger partial charge in [0.15, 0.2) is 0 Å². The Morgan fingerprint density at radius 3 is 2.43 bits per heavy atom. The zero-order valence-corrected chi connectivity index (χ0v) is 11.4. The van der Waals surface area contributed by atoms with Crippen molar-refractivity contribution in [3.8, 4) is 17.1 Å². The Bertz CT molecular complexity index is 824. The highest BCUT2D eigenvalue weighted by Crippen LogP contribution is 2.24. The van der Waals surface area contributed by atoms with Gasteiger partial charge in [0.2, 0.25) is 0 Å². The maximum Gasteiger partial charge on any atom is 0.352 e. The Kier molecular flexibility index (Phi) is 3.02. The van der Waals surface area contributed by atoms with Gasteiger partial charge < -0.3 is 14.4 Å². The topological polar surface area (TPSA) is 90.1 Å². The number of aromatic carboxylic acids is 1. The van der Waals surface area contributed by atoms with E-state index in [2.05, 4.69) is 15.0 Å². The molecule has 0 saturated carbocycles. The molecular formula is C14H12N4O3. The molecule has 3 heterocycles. The third kappa shape index (κ3) is 2.18. The van der Waals surface area contributed by atoms with Crippen LogP contribution in [-0.2, 0) is 7.05 Å². The second-order valence-electron chi connectivity index (χ2n) is 4.49. The summed E-state index contributed by atoms with van der Waals surface area (Å²) in [5.74, 6) is -0.982. The van der Waals surface area contributed by atoms with Crippen molar-refractivity contribution in [1.82, 2.24) is 19.5 Å². The summed E-state index contributed by atoms with van der Waals surface area (Å²) in [7, 11) is 3.18. The SMILES string of the molecule is COc1ncc(-c2cnc3c(c2)cc(C(=O)O)n3C)cn1. The van der Waals surface area contributed by atoms with Crippen molar-refractivity contribution in [2.75, 3.05) is 7.11 Å². The lowest BCUT2D eigenvalue weighted by Gasteiger charge is -2.03. The molecule has 0 spiro atoms. The number of pyridine rings is 1. The molecule has 0 fully saturated rings. The molecule has 3 rings (SSSR count). The number of ether oxygens (including phenoxy) is 1. The zero-order valence-electron chi connectivity index (χ0n) is 11.4. The molecule has 0 aliphatic rings. The van der Waals surface area contributed by atoms with Crippen molar-refractivity contribution in [2.45, 2.75) is 0 Å². The van der Waals surface area contributed by atoms with E-state index in [0.29, 0.717) is 11.7 Å². The maximum atomic E-state index is 11.1. The number of rotatable bonds is 3. The van der Waals surface area contributed by atoms with Gasteiger partial charge in [-0.2, -0.15) is 0 Å². The predicted octanol–water partition coefficient (Wildman–Crippen LogP) is 1.74. The van der Waals surface area contributed by atoms with Crippen LogP contribution in [0.2, 0.25) is 0 Å². The molecule has 0 saturated heterocycles. The number of methoxy groups -OCH3 is 1. The highest BCUT2D eigenvalue weighted by Gasteiger charge is 2.13. The molecule has 106 valence electrons. The van der Waals surface area contributed by atoms with E-state index in [0.717, 1.165) is 16.5 Å². The monoisotopic (exact) mass is 284 g/mol. The first-order chi connectivity index (χ1) is 10.1. The molecule has 0 aliphatic carbocycles. The van der Waals surface area contributed by atoms with Gasteiger partial charge in [0.05, 0.1) is 7.11 Å². The number of carbonyl (C=O) groups is 1. The fraction of sp³-hybridized carbons (Fsp3) is 0.143. The number of hydrogen-bond acceptors (Lipinski definition) is 5. The average molecular weight is 284 g/mol. The van der Waals surface area contributed by atoms with E-state index in [9.17, 15) is 4.79 Å². The third-order valence-electron chi connectivity index (χ3n) is 3.23. The van der Waals surface area contributed by atoms with E-state index >= 15 is 0 Å². The van der Waals surface area contributed by atoms with Crippen molar-refractivity contribution in [1.29, 1.82) is 0 Å². The fourth-order valence-corrected chi connectivity index (χ4v) is 2.15. The zero-order chi connectivity index (χ0) is 15.0. The van der Waals surface area contributed by atoms with Gasteiger partial charge in [-0.15, -0.1) is 0 Å². The number of carboxylic acids is 1. The highest BCUT2D eigenvalue weighted by atomic mass is 16.5. The first-order valence-electron chi connectivity index (χ1n) is 6.15. The smallest absolute Gasteiger partial charge is 0.352 e. The molecule has 7 nitrogen and oxygen atoms in total. The summed E-state index contributed by atoms with van der Waals surface area (Å²) in [4.78, 5) is 23.5. The van der Waals surface area contributed by atoms with E-state index in [1.54, 1.807) is 36.3 Å². The van der Waals surface area contributed by atoms with Gasteiger partial charge in [0.25, 0.3) is 0 Å². The lowest BCUT2D eigenvalue weighted by Crippen LogP contribution is -2.04. The standard InChI is InChI=1S/C14H12N4O3/c1-18-11(13(19)20)4-8-3-9(5-15-12(8)18)10-6-16-14(21-2)17-7-10/h3-7H,1-2H3,(H,19,20). The summed E-state index contributed by atoms with van der Waals surface area (Å²) in [5.41, 5.74) is 2.41. The van der Waals surface area contributed by atoms with Crippen LogP contribution in [0.3, 0.4) is 0 Å². The van der Waals surface area contributed by atoms with Crippen LogP contribution in [0.15, 0.2) is 30.7 Å². The number of hydrogen-bond donors (Lipinski definition) is 1. The molecule has 0 amide bonds. The van der Waals surface area contributed by atoms with E-state index in [-0.39, 0.29) is 5.69 Å². The molecule has 21 heavy (non-hydrogen) atoms. The second kappa shape index (κ2) is 4.86. The van der Waals surface area contributed by atoms with Crippen molar-refractivity contribution < 1.29 is 14.6 Å². The van der Waals surface area contributed by atoms with Crippen molar-refractivity contribution in [3.05, 3.63) is 36.4 Å². The number of nitrogens with zero attached hydrogens (tertiary/aromatic N) is 4. The number of aromatic nitrogens is 4.